The number of hydrogen-bond donors (Lipinski definition) is 1. The van der Waals surface area contributed by atoms with Crippen LogP contribution in [0.1, 0.15) is 39.4 Å². The van der Waals surface area contributed by atoms with Crippen LogP contribution in [-0.2, 0) is 32.5 Å². The molecule has 0 aliphatic heterocycles. The van der Waals surface area contributed by atoms with Crippen molar-refractivity contribution < 1.29 is 4.39 Å². The van der Waals surface area contributed by atoms with Crippen molar-refractivity contribution in [1.29, 1.82) is 5.26 Å². The fourth-order valence-corrected chi connectivity index (χ4v) is 5.62. The van der Waals surface area contributed by atoms with Crippen molar-refractivity contribution in [2.75, 3.05) is 0 Å². The molecule has 0 saturated heterocycles. The van der Waals surface area contributed by atoms with E-state index in [0.717, 1.165) is 40.6 Å². The minimum absolute atomic E-state index is 0.0755. The molecule has 5 nitrogen and oxygen atoms in total. The third kappa shape index (κ3) is 4.20. The molecule has 0 amide bonds. The lowest BCUT2D eigenvalue weighted by atomic mass is 10.1. The molecular formula is C25H21FN4OS. The van der Waals surface area contributed by atoms with Gasteiger partial charge in [0, 0.05) is 18.0 Å². The van der Waals surface area contributed by atoms with Gasteiger partial charge in [-0.3, -0.25) is 9.69 Å². The fourth-order valence-electron chi connectivity index (χ4n) is 4.34. The van der Waals surface area contributed by atoms with Crippen molar-refractivity contribution in [2.24, 2.45) is 0 Å². The minimum Gasteiger partial charge on any atom is -0.309 e. The number of nitrogens with one attached hydrogen (secondary N) is 1. The van der Waals surface area contributed by atoms with Crippen LogP contribution in [0.4, 0.5) is 4.39 Å². The van der Waals surface area contributed by atoms with Crippen LogP contribution < -0.4 is 5.56 Å². The summed E-state index contributed by atoms with van der Waals surface area (Å²) in [5, 5.41) is 9.79. The normalized spacial score (nSPS) is 12.9. The summed E-state index contributed by atoms with van der Waals surface area (Å²) >= 11 is 1.63. The van der Waals surface area contributed by atoms with Gasteiger partial charge in [0.05, 0.1) is 23.6 Å². The Bertz CT molecular complexity index is 1380. The highest BCUT2D eigenvalue weighted by Gasteiger charge is 2.21. The number of nitriles is 1. The molecule has 5 rings (SSSR count). The SMILES string of the molecule is N#Cc1ccc(CN(Cc2cccc(F)c2)Cc2nc3sc4c(c3c(=O)[nH]2)CCC4)cc1. The van der Waals surface area contributed by atoms with Gasteiger partial charge in [0.25, 0.3) is 5.56 Å². The first-order chi connectivity index (χ1) is 15.6. The molecule has 0 saturated carbocycles. The number of fused-ring (bicyclic) bond motifs is 3. The number of benzene rings is 2. The van der Waals surface area contributed by atoms with Gasteiger partial charge in [0.2, 0.25) is 0 Å². The highest BCUT2D eigenvalue weighted by Crippen LogP contribution is 2.34. The van der Waals surface area contributed by atoms with Crippen LogP contribution in [0.25, 0.3) is 10.2 Å². The van der Waals surface area contributed by atoms with Crippen LogP contribution in [0.5, 0.6) is 0 Å². The molecule has 1 aliphatic carbocycles. The molecule has 2 heterocycles. The van der Waals surface area contributed by atoms with Gasteiger partial charge in [-0.05, 0) is 60.2 Å². The van der Waals surface area contributed by atoms with Gasteiger partial charge >= 0.3 is 0 Å². The number of aryl methyl sites for hydroxylation is 2. The van der Waals surface area contributed by atoms with E-state index in [1.54, 1.807) is 29.5 Å². The lowest BCUT2D eigenvalue weighted by Gasteiger charge is -2.22. The third-order valence-corrected chi connectivity index (χ3v) is 6.97. The fraction of sp³-hybridized carbons (Fsp3) is 0.240. The Kier molecular flexibility index (Phi) is 5.56. The van der Waals surface area contributed by atoms with Crippen LogP contribution in [0.3, 0.4) is 0 Å². The lowest BCUT2D eigenvalue weighted by molar-refractivity contribution is 0.241. The van der Waals surface area contributed by atoms with E-state index in [1.165, 1.54) is 22.6 Å². The summed E-state index contributed by atoms with van der Waals surface area (Å²) in [6, 6.07) is 16.1. The summed E-state index contributed by atoms with van der Waals surface area (Å²) in [6.07, 6.45) is 3.07. The van der Waals surface area contributed by atoms with Gasteiger partial charge < -0.3 is 4.98 Å². The Balaban J connectivity index is 1.45. The second kappa shape index (κ2) is 8.65. The van der Waals surface area contributed by atoms with E-state index in [2.05, 4.69) is 16.0 Å². The lowest BCUT2D eigenvalue weighted by Crippen LogP contribution is -2.25. The molecule has 1 N–H and O–H groups in total. The zero-order chi connectivity index (χ0) is 22.1. The zero-order valence-electron chi connectivity index (χ0n) is 17.4. The largest absolute Gasteiger partial charge is 0.309 e. The maximum atomic E-state index is 13.8. The summed E-state index contributed by atoms with van der Waals surface area (Å²) in [7, 11) is 0. The number of rotatable bonds is 6. The van der Waals surface area contributed by atoms with Gasteiger partial charge in [-0.25, -0.2) is 9.37 Å². The first kappa shape index (κ1) is 20.6. The van der Waals surface area contributed by atoms with Crippen molar-refractivity contribution in [2.45, 2.75) is 38.9 Å². The maximum Gasteiger partial charge on any atom is 0.259 e. The molecule has 32 heavy (non-hydrogen) atoms. The standard InChI is InChI=1S/C25H21FN4OS/c26-19-4-1-3-18(11-19)14-30(13-17-9-7-16(12-27)8-10-17)15-22-28-24(31)23-20-5-2-6-21(20)32-25(23)29-22/h1,3-4,7-11H,2,5-6,13-15H2,(H,28,29,31). The smallest absolute Gasteiger partial charge is 0.259 e. The van der Waals surface area contributed by atoms with Crippen molar-refractivity contribution in [3.05, 3.63) is 97.7 Å². The Morgan fingerprint density at radius 2 is 1.91 bits per heavy atom. The van der Waals surface area contributed by atoms with E-state index in [9.17, 15) is 9.18 Å². The molecule has 4 aromatic rings. The molecule has 0 bridgehead atoms. The van der Waals surface area contributed by atoms with E-state index in [1.807, 2.05) is 18.2 Å². The van der Waals surface area contributed by atoms with Crippen LogP contribution in [0.15, 0.2) is 53.3 Å². The highest BCUT2D eigenvalue weighted by molar-refractivity contribution is 7.18. The monoisotopic (exact) mass is 444 g/mol. The highest BCUT2D eigenvalue weighted by atomic mass is 32.1. The number of nitrogens with zero attached hydrogens (tertiary/aromatic N) is 3. The molecule has 2 aromatic carbocycles. The van der Waals surface area contributed by atoms with Crippen molar-refractivity contribution in [3.8, 4) is 6.07 Å². The number of hydrogen-bond acceptors (Lipinski definition) is 5. The van der Waals surface area contributed by atoms with Crippen molar-refractivity contribution >= 4 is 21.6 Å². The number of aromatic amines is 1. The van der Waals surface area contributed by atoms with Crippen LogP contribution in [0.2, 0.25) is 0 Å². The average Bonchev–Trinajstić information content (AvgIpc) is 3.35. The summed E-state index contributed by atoms with van der Waals surface area (Å²) in [5.74, 6) is 0.328. The predicted octanol–water partition coefficient (Wildman–Crippen LogP) is 4.69. The molecule has 2 aromatic heterocycles. The second-order valence-electron chi connectivity index (χ2n) is 8.13. The third-order valence-electron chi connectivity index (χ3n) is 5.78. The topological polar surface area (TPSA) is 72.8 Å². The molecule has 0 radical (unpaired) electrons. The molecule has 160 valence electrons. The molecule has 0 spiro atoms. The Morgan fingerprint density at radius 1 is 1.09 bits per heavy atom. The summed E-state index contributed by atoms with van der Waals surface area (Å²) in [6.45, 7) is 1.50. The quantitative estimate of drug-likeness (QED) is 0.468. The average molecular weight is 445 g/mol. The Hall–Kier alpha value is -3.34. The Morgan fingerprint density at radius 3 is 2.69 bits per heavy atom. The van der Waals surface area contributed by atoms with Gasteiger partial charge in [0.15, 0.2) is 0 Å². The number of H-pyrrole nitrogens is 1. The van der Waals surface area contributed by atoms with Gasteiger partial charge in [-0.1, -0.05) is 24.3 Å². The van der Waals surface area contributed by atoms with Crippen molar-refractivity contribution in [1.82, 2.24) is 14.9 Å². The number of thiophene rings is 1. The second-order valence-corrected chi connectivity index (χ2v) is 9.22. The Labute approximate surface area is 188 Å². The molecule has 7 heteroatoms. The van der Waals surface area contributed by atoms with E-state index in [0.29, 0.717) is 31.0 Å². The first-order valence-electron chi connectivity index (χ1n) is 10.6. The maximum absolute atomic E-state index is 13.8. The summed E-state index contributed by atoms with van der Waals surface area (Å²) in [4.78, 5) is 24.8. The first-order valence-corrected chi connectivity index (χ1v) is 11.4. The molecule has 0 unspecified atom stereocenters. The van der Waals surface area contributed by atoms with Gasteiger partial charge in [-0.15, -0.1) is 11.3 Å². The molecular weight excluding hydrogens is 423 g/mol. The molecule has 1 aliphatic rings. The summed E-state index contributed by atoms with van der Waals surface area (Å²) in [5.41, 5.74) is 3.57. The van der Waals surface area contributed by atoms with Crippen LogP contribution in [0, 0.1) is 17.1 Å². The number of halogens is 1. The van der Waals surface area contributed by atoms with Gasteiger partial charge in [-0.2, -0.15) is 5.26 Å². The molecule has 0 fully saturated rings. The van der Waals surface area contributed by atoms with Crippen LogP contribution in [-0.4, -0.2) is 14.9 Å². The van der Waals surface area contributed by atoms with Crippen LogP contribution >= 0.6 is 11.3 Å². The number of aromatic nitrogens is 2. The summed E-state index contributed by atoms with van der Waals surface area (Å²) < 4.78 is 13.8. The van der Waals surface area contributed by atoms with Crippen molar-refractivity contribution in [3.63, 3.8) is 0 Å². The molecule has 0 atom stereocenters. The predicted molar refractivity (Wildman–Crippen MR) is 123 cm³/mol. The zero-order valence-corrected chi connectivity index (χ0v) is 18.2. The van der Waals surface area contributed by atoms with E-state index >= 15 is 0 Å². The van der Waals surface area contributed by atoms with E-state index in [4.69, 9.17) is 10.2 Å². The van der Waals surface area contributed by atoms with E-state index in [-0.39, 0.29) is 11.4 Å². The van der Waals surface area contributed by atoms with E-state index < -0.39 is 0 Å². The minimum atomic E-state index is -0.276. The van der Waals surface area contributed by atoms with Gasteiger partial charge in [0.1, 0.15) is 16.5 Å².